The first-order valence-corrected chi connectivity index (χ1v) is 7.22. The summed E-state index contributed by atoms with van der Waals surface area (Å²) in [7, 11) is 4.08. The lowest BCUT2D eigenvalue weighted by Crippen LogP contribution is -2.33. The molecule has 112 valence electrons. The van der Waals surface area contributed by atoms with Gasteiger partial charge in [-0.3, -0.25) is 4.79 Å². The summed E-state index contributed by atoms with van der Waals surface area (Å²) >= 11 is 0. The highest BCUT2D eigenvalue weighted by Gasteiger charge is 2.15. The molecule has 0 saturated heterocycles. The molecule has 1 amide bonds. The Balaban J connectivity index is 2.60. The Kier molecular flexibility index (Phi) is 7.01. The average Bonchev–Trinajstić information content (AvgIpc) is 2.44. The van der Waals surface area contributed by atoms with E-state index in [9.17, 15) is 4.79 Å². The summed E-state index contributed by atoms with van der Waals surface area (Å²) in [5.41, 5.74) is 1.46. The Hall–Kier alpha value is -1.62. The van der Waals surface area contributed by atoms with Crippen LogP contribution in [0.3, 0.4) is 0 Å². The van der Waals surface area contributed by atoms with Crippen molar-refractivity contribution in [3.63, 3.8) is 0 Å². The van der Waals surface area contributed by atoms with Gasteiger partial charge in [-0.05, 0) is 53.0 Å². The molecule has 1 heterocycles. The molecular formula is C15H26N4O. The summed E-state index contributed by atoms with van der Waals surface area (Å²) in [4.78, 5) is 20.6. The fourth-order valence-corrected chi connectivity index (χ4v) is 1.97. The molecule has 0 unspecified atom stereocenters. The minimum absolute atomic E-state index is 0.00862. The summed E-state index contributed by atoms with van der Waals surface area (Å²) in [5, 5.41) is 3.17. The van der Waals surface area contributed by atoms with Gasteiger partial charge in [0.25, 0.3) is 5.91 Å². The second-order valence-corrected chi connectivity index (χ2v) is 5.00. The highest BCUT2D eigenvalue weighted by molar-refractivity contribution is 5.92. The maximum absolute atomic E-state index is 12.4. The van der Waals surface area contributed by atoms with E-state index in [-0.39, 0.29) is 5.91 Å². The Labute approximate surface area is 122 Å². The molecule has 1 aromatic heterocycles. The van der Waals surface area contributed by atoms with Crippen molar-refractivity contribution in [3.8, 4) is 0 Å². The summed E-state index contributed by atoms with van der Waals surface area (Å²) in [6.07, 6.45) is 2.69. The zero-order chi connectivity index (χ0) is 15.0. The van der Waals surface area contributed by atoms with Gasteiger partial charge in [-0.1, -0.05) is 0 Å². The van der Waals surface area contributed by atoms with Gasteiger partial charge >= 0.3 is 0 Å². The third-order valence-corrected chi connectivity index (χ3v) is 3.07. The average molecular weight is 278 g/mol. The summed E-state index contributed by atoms with van der Waals surface area (Å²) in [6, 6.07) is 3.69. The van der Waals surface area contributed by atoms with E-state index in [4.69, 9.17) is 0 Å². The number of hydrogen-bond donors (Lipinski definition) is 1. The van der Waals surface area contributed by atoms with Crippen LogP contribution in [0.5, 0.6) is 0 Å². The van der Waals surface area contributed by atoms with Gasteiger partial charge in [0.2, 0.25) is 0 Å². The van der Waals surface area contributed by atoms with Gasteiger partial charge in [-0.15, -0.1) is 0 Å². The van der Waals surface area contributed by atoms with Crippen LogP contribution in [0.4, 0.5) is 5.69 Å². The fraction of sp³-hybridized carbons (Fsp3) is 0.600. The number of amides is 1. The van der Waals surface area contributed by atoms with Crippen LogP contribution < -0.4 is 5.32 Å². The van der Waals surface area contributed by atoms with Crippen LogP contribution in [-0.2, 0) is 0 Å². The normalized spacial score (nSPS) is 10.7. The number of pyridine rings is 1. The van der Waals surface area contributed by atoms with Crippen LogP contribution in [0.15, 0.2) is 18.3 Å². The van der Waals surface area contributed by atoms with Gasteiger partial charge in [0, 0.05) is 19.6 Å². The number of hydrogen-bond acceptors (Lipinski definition) is 4. The Morgan fingerprint density at radius 1 is 1.25 bits per heavy atom. The highest BCUT2D eigenvalue weighted by Crippen LogP contribution is 2.08. The summed E-state index contributed by atoms with van der Waals surface area (Å²) in [6.45, 7) is 7.34. The number of nitrogens with one attached hydrogen (secondary N) is 1. The van der Waals surface area contributed by atoms with Crippen LogP contribution >= 0.6 is 0 Å². The van der Waals surface area contributed by atoms with E-state index in [1.165, 1.54) is 0 Å². The number of anilines is 1. The van der Waals surface area contributed by atoms with Gasteiger partial charge in [0.15, 0.2) is 0 Å². The van der Waals surface area contributed by atoms with Crippen LogP contribution in [0.2, 0.25) is 0 Å². The lowest BCUT2D eigenvalue weighted by Gasteiger charge is -2.21. The molecule has 5 heteroatoms. The zero-order valence-corrected chi connectivity index (χ0v) is 13.0. The number of nitrogens with zero attached hydrogens (tertiary/aromatic N) is 3. The minimum Gasteiger partial charge on any atom is -0.384 e. The molecule has 0 fully saturated rings. The summed E-state index contributed by atoms with van der Waals surface area (Å²) in [5.74, 6) is 0.00862. The molecule has 0 radical (unpaired) electrons. The monoisotopic (exact) mass is 278 g/mol. The molecule has 0 bridgehead atoms. The quantitative estimate of drug-likeness (QED) is 0.789. The SMILES string of the molecule is CCNc1ccc(C(=O)N(CC)CCCN(C)C)nc1. The maximum atomic E-state index is 12.4. The van der Waals surface area contributed by atoms with E-state index >= 15 is 0 Å². The second kappa shape index (κ2) is 8.53. The van der Waals surface area contributed by atoms with Crippen molar-refractivity contribution < 1.29 is 4.79 Å². The Bertz CT molecular complexity index is 403. The van der Waals surface area contributed by atoms with Crippen LogP contribution in [-0.4, -0.2) is 61.0 Å². The van der Waals surface area contributed by atoms with Gasteiger partial charge < -0.3 is 15.1 Å². The molecule has 0 spiro atoms. The van der Waals surface area contributed by atoms with Crippen LogP contribution in [0, 0.1) is 0 Å². The molecule has 20 heavy (non-hydrogen) atoms. The second-order valence-electron chi connectivity index (χ2n) is 5.00. The smallest absolute Gasteiger partial charge is 0.272 e. The third kappa shape index (κ3) is 5.17. The van der Waals surface area contributed by atoms with Crippen molar-refractivity contribution in [3.05, 3.63) is 24.0 Å². The Morgan fingerprint density at radius 3 is 2.50 bits per heavy atom. The first-order chi connectivity index (χ1) is 9.58. The van der Waals surface area contributed by atoms with Crippen LogP contribution in [0.1, 0.15) is 30.8 Å². The van der Waals surface area contributed by atoms with E-state index in [0.717, 1.165) is 31.7 Å². The van der Waals surface area contributed by atoms with E-state index in [0.29, 0.717) is 12.2 Å². The van der Waals surface area contributed by atoms with Gasteiger partial charge in [-0.25, -0.2) is 4.98 Å². The third-order valence-electron chi connectivity index (χ3n) is 3.07. The van der Waals surface area contributed by atoms with Crippen molar-refractivity contribution in [2.24, 2.45) is 0 Å². The van der Waals surface area contributed by atoms with E-state index in [1.54, 1.807) is 12.3 Å². The number of aromatic nitrogens is 1. The van der Waals surface area contributed by atoms with E-state index in [1.807, 2.05) is 38.9 Å². The highest BCUT2D eigenvalue weighted by atomic mass is 16.2. The minimum atomic E-state index is 0.00862. The molecule has 0 aliphatic carbocycles. The predicted molar refractivity (Wildman–Crippen MR) is 83.1 cm³/mol. The molecule has 0 aliphatic rings. The van der Waals surface area contributed by atoms with Gasteiger partial charge in [-0.2, -0.15) is 0 Å². The zero-order valence-electron chi connectivity index (χ0n) is 13.0. The molecule has 0 aliphatic heterocycles. The molecule has 0 atom stereocenters. The first-order valence-electron chi connectivity index (χ1n) is 7.22. The van der Waals surface area contributed by atoms with E-state index < -0.39 is 0 Å². The lowest BCUT2D eigenvalue weighted by atomic mass is 10.2. The van der Waals surface area contributed by atoms with Crippen molar-refractivity contribution in [2.75, 3.05) is 45.6 Å². The van der Waals surface area contributed by atoms with Crippen molar-refractivity contribution in [1.82, 2.24) is 14.8 Å². The largest absolute Gasteiger partial charge is 0.384 e. The molecule has 1 N–H and O–H groups in total. The lowest BCUT2D eigenvalue weighted by molar-refractivity contribution is 0.0753. The van der Waals surface area contributed by atoms with Crippen LogP contribution in [0.25, 0.3) is 0 Å². The van der Waals surface area contributed by atoms with E-state index in [2.05, 4.69) is 15.2 Å². The van der Waals surface area contributed by atoms with Crippen molar-refractivity contribution >= 4 is 11.6 Å². The van der Waals surface area contributed by atoms with Gasteiger partial charge in [0.1, 0.15) is 5.69 Å². The summed E-state index contributed by atoms with van der Waals surface area (Å²) < 4.78 is 0. The standard InChI is InChI=1S/C15H26N4O/c1-5-16-13-8-9-14(17-12-13)15(20)19(6-2)11-7-10-18(3)4/h8-9,12,16H,5-7,10-11H2,1-4H3. The Morgan fingerprint density at radius 2 is 2.00 bits per heavy atom. The number of carbonyl (C=O) groups excluding carboxylic acids is 1. The maximum Gasteiger partial charge on any atom is 0.272 e. The van der Waals surface area contributed by atoms with Crippen molar-refractivity contribution in [1.29, 1.82) is 0 Å². The van der Waals surface area contributed by atoms with Gasteiger partial charge in [0.05, 0.1) is 11.9 Å². The number of rotatable bonds is 8. The molecule has 1 rings (SSSR count). The predicted octanol–water partition coefficient (Wildman–Crippen LogP) is 1.93. The fourth-order valence-electron chi connectivity index (χ4n) is 1.97. The molecule has 5 nitrogen and oxygen atoms in total. The van der Waals surface area contributed by atoms with Crippen molar-refractivity contribution in [2.45, 2.75) is 20.3 Å². The number of carbonyl (C=O) groups is 1. The molecule has 0 aromatic carbocycles. The molecule has 0 saturated carbocycles. The molecule has 1 aromatic rings. The molecular weight excluding hydrogens is 252 g/mol. The topological polar surface area (TPSA) is 48.5 Å². The first kappa shape index (κ1) is 16.4.